The Morgan fingerprint density at radius 2 is 1.85 bits per heavy atom. The molecule has 0 spiro atoms. The van der Waals surface area contributed by atoms with E-state index >= 15 is 0 Å². The number of fused-ring (bicyclic) bond motifs is 1. The molecule has 1 aliphatic heterocycles. The topological polar surface area (TPSA) is 86.3 Å². The predicted octanol–water partition coefficient (Wildman–Crippen LogP) is 2.75. The average Bonchev–Trinajstić information content (AvgIpc) is 3.11. The number of aliphatic carboxylic acids is 1. The number of benzene rings is 1. The molecule has 0 radical (unpaired) electrons. The Morgan fingerprint density at radius 3 is 2.56 bits per heavy atom. The maximum atomic E-state index is 12.8. The van der Waals surface area contributed by atoms with Crippen molar-refractivity contribution < 1.29 is 14.7 Å². The van der Waals surface area contributed by atoms with E-state index in [-0.39, 0.29) is 12.3 Å². The first-order chi connectivity index (χ1) is 13.1. The number of aromatic amines is 1. The molecular formula is C21H21N3O3. The minimum absolute atomic E-state index is 0.0202. The van der Waals surface area contributed by atoms with Crippen LogP contribution in [0.3, 0.4) is 0 Å². The van der Waals surface area contributed by atoms with Crippen LogP contribution in [0.4, 0.5) is 0 Å². The zero-order chi connectivity index (χ0) is 18.9. The molecule has 138 valence electrons. The smallest absolute Gasteiger partial charge is 0.314 e. The number of hydrogen-bond acceptors (Lipinski definition) is 3. The SMILES string of the molecule is O=C(Cc1c[nH]c2ncccc12)N1CCC(C(=O)O)(c2ccccc2)CC1. The van der Waals surface area contributed by atoms with Gasteiger partial charge in [0.2, 0.25) is 5.91 Å². The normalized spacial score (nSPS) is 16.4. The van der Waals surface area contributed by atoms with Crippen molar-refractivity contribution in [1.82, 2.24) is 14.9 Å². The molecule has 0 bridgehead atoms. The van der Waals surface area contributed by atoms with Crippen LogP contribution in [0.2, 0.25) is 0 Å². The number of rotatable bonds is 4. The minimum Gasteiger partial charge on any atom is -0.481 e. The van der Waals surface area contributed by atoms with Gasteiger partial charge in [0.05, 0.1) is 11.8 Å². The van der Waals surface area contributed by atoms with Crippen LogP contribution >= 0.6 is 0 Å². The highest BCUT2D eigenvalue weighted by Crippen LogP contribution is 2.36. The number of aromatic nitrogens is 2. The van der Waals surface area contributed by atoms with E-state index in [0.717, 1.165) is 22.2 Å². The number of likely N-dealkylation sites (tertiary alicyclic amines) is 1. The van der Waals surface area contributed by atoms with Gasteiger partial charge in [0, 0.05) is 30.9 Å². The van der Waals surface area contributed by atoms with E-state index in [1.54, 1.807) is 11.1 Å². The Bertz CT molecular complexity index is 973. The molecule has 0 atom stereocenters. The Labute approximate surface area is 156 Å². The lowest BCUT2D eigenvalue weighted by Gasteiger charge is -2.39. The number of nitrogens with one attached hydrogen (secondary N) is 1. The molecule has 0 saturated carbocycles. The number of piperidine rings is 1. The molecule has 2 N–H and O–H groups in total. The lowest BCUT2D eigenvalue weighted by Crippen LogP contribution is -2.49. The van der Waals surface area contributed by atoms with Crippen LogP contribution in [-0.4, -0.2) is 44.9 Å². The van der Waals surface area contributed by atoms with Crippen LogP contribution < -0.4 is 0 Å². The molecule has 2 aromatic heterocycles. The van der Waals surface area contributed by atoms with E-state index in [1.165, 1.54) is 0 Å². The second kappa shape index (κ2) is 6.87. The number of nitrogens with zero attached hydrogens (tertiary/aromatic N) is 2. The fourth-order valence-corrected chi connectivity index (χ4v) is 3.95. The van der Waals surface area contributed by atoms with Gasteiger partial charge in [-0.3, -0.25) is 9.59 Å². The van der Waals surface area contributed by atoms with E-state index in [0.29, 0.717) is 25.9 Å². The highest BCUT2D eigenvalue weighted by Gasteiger charge is 2.43. The summed E-state index contributed by atoms with van der Waals surface area (Å²) in [5.41, 5.74) is 1.59. The summed E-state index contributed by atoms with van der Waals surface area (Å²) in [6.07, 6.45) is 4.67. The van der Waals surface area contributed by atoms with Gasteiger partial charge in [-0.05, 0) is 36.1 Å². The molecule has 1 aliphatic rings. The molecule has 1 fully saturated rings. The number of pyridine rings is 1. The van der Waals surface area contributed by atoms with Crippen molar-refractivity contribution in [3.8, 4) is 0 Å². The van der Waals surface area contributed by atoms with Crippen LogP contribution in [0.25, 0.3) is 11.0 Å². The Kier molecular flexibility index (Phi) is 4.39. The summed E-state index contributed by atoms with van der Waals surface area (Å²) in [7, 11) is 0. The van der Waals surface area contributed by atoms with E-state index in [4.69, 9.17) is 0 Å². The monoisotopic (exact) mass is 363 g/mol. The van der Waals surface area contributed by atoms with E-state index in [2.05, 4.69) is 9.97 Å². The molecule has 6 nitrogen and oxygen atoms in total. The first-order valence-corrected chi connectivity index (χ1v) is 9.08. The van der Waals surface area contributed by atoms with Gasteiger partial charge in [0.25, 0.3) is 0 Å². The molecule has 0 aliphatic carbocycles. The van der Waals surface area contributed by atoms with Crippen molar-refractivity contribution in [3.05, 3.63) is 66.0 Å². The third-order valence-electron chi connectivity index (χ3n) is 5.58. The van der Waals surface area contributed by atoms with Gasteiger partial charge in [-0.15, -0.1) is 0 Å². The summed E-state index contributed by atoms with van der Waals surface area (Å²) in [5.74, 6) is -0.796. The number of carbonyl (C=O) groups excluding carboxylic acids is 1. The summed E-state index contributed by atoms with van der Waals surface area (Å²) in [5, 5.41) is 10.8. The minimum atomic E-state index is -0.914. The maximum absolute atomic E-state index is 12.8. The summed E-state index contributed by atoms with van der Waals surface area (Å²) in [6.45, 7) is 0.890. The second-order valence-corrected chi connectivity index (χ2v) is 7.02. The number of hydrogen-bond donors (Lipinski definition) is 2. The third kappa shape index (κ3) is 3.07. The van der Waals surface area contributed by atoms with Crippen LogP contribution in [0.5, 0.6) is 0 Å². The predicted molar refractivity (Wildman–Crippen MR) is 101 cm³/mol. The van der Waals surface area contributed by atoms with Gasteiger partial charge in [-0.2, -0.15) is 0 Å². The molecule has 4 rings (SSSR count). The lowest BCUT2D eigenvalue weighted by atomic mass is 9.73. The van der Waals surface area contributed by atoms with Crippen molar-refractivity contribution in [2.24, 2.45) is 0 Å². The van der Waals surface area contributed by atoms with Crippen molar-refractivity contribution in [2.45, 2.75) is 24.7 Å². The van der Waals surface area contributed by atoms with Gasteiger partial charge in [0.1, 0.15) is 5.65 Å². The number of H-pyrrole nitrogens is 1. The molecule has 3 heterocycles. The first kappa shape index (κ1) is 17.3. The Hall–Kier alpha value is -3.15. The first-order valence-electron chi connectivity index (χ1n) is 9.08. The molecule has 0 unspecified atom stereocenters. The number of carboxylic acids is 1. The largest absolute Gasteiger partial charge is 0.481 e. The highest BCUT2D eigenvalue weighted by atomic mass is 16.4. The van der Waals surface area contributed by atoms with Crippen molar-refractivity contribution in [1.29, 1.82) is 0 Å². The van der Waals surface area contributed by atoms with Crippen molar-refractivity contribution in [3.63, 3.8) is 0 Å². The summed E-state index contributed by atoms with van der Waals surface area (Å²) in [4.78, 5) is 33.9. The van der Waals surface area contributed by atoms with Crippen molar-refractivity contribution >= 4 is 22.9 Å². The summed E-state index contributed by atoms with van der Waals surface area (Å²) in [6, 6.07) is 13.1. The summed E-state index contributed by atoms with van der Waals surface area (Å²) >= 11 is 0. The quantitative estimate of drug-likeness (QED) is 0.746. The fraction of sp³-hybridized carbons (Fsp3) is 0.286. The average molecular weight is 363 g/mol. The Morgan fingerprint density at radius 1 is 1.11 bits per heavy atom. The zero-order valence-corrected chi connectivity index (χ0v) is 14.9. The molecule has 1 amide bonds. The molecule has 1 saturated heterocycles. The van der Waals surface area contributed by atoms with E-state index in [1.807, 2.05) is 48.7 Å². The second-order valence-electron chi connectivity index (χ2n) is 7.02. The van der Waals surface area contributed by atoms with Crippen LogP contribution in [0, 0.1) is 0 Å². The number of carboxylic acid groups (broad SMARTS) is 1. The van der Waals surface area contributed by atoms with E-state index < -0.39 is 11.4 Å². The van der Waals surface area contributed by atoms with Gasteiger partial charge < -0.3 is 15.0 Å². The van der Waals surface area contributed by atoms with Gasteiger partial charge in [-0.1, -0.05) is 30.3 Å². The van der Waals surface area contributed by atoms with Crippen LogP contribution in [0.1, 0.15) is 24.0 Å². The van der Waals surface area contributed by atoms with Gasteiger partial charge >= 0.3 is 5.97 Å². The standard InChI is InChI=1S/C21H21N3O3/c25-18(13-15-14-23-19-17(15)7-4-10-22-19)24-11-8-21(9-12-24,20(26)27)16-5-2-1-3-6-16/h1-7,10,14H,8-9,11-13H2,(H,22,23)(H,26,27). The van der Waals surface area contributed by atoms with E-state index in [9.17, 15) is 14.7 Å². The molecule has 6 heteroatoms. The molecule has 3 aromatic rings. The lowest BCUT2D eigenvalue weighted by molar-refractivity contribution is -0.148. The zero-order valence-electron chi connectivity index (χ0n) is 14.9. The number of amides is 1. The third-order valence-corrected chi connectivity index (χ3v) is 5.58. The maximum Gasteiger partial charge on any atom is 0.314 e. The molecule has 1 aromatic carbocycles. The molecule has 27 heavy (non-hydrogen) atoms. The van der Waals surface area contributed by atoms with Gasteiger partial charge in [0.15, 0.2) is 0 Å². The van der Waals surface area contributed by atoms with Crippen LogP contribution in [-0.2, 0) is 21.4 Å². The fourth-order valence-electron chi connectivity index (χ4n) is 3.95. The highest BCUT2D eigenvalue weighted by molar-refractivity contribution is 5.87. The van der Waals surface area contributed by atoms with Crippen LogP contribution in [0.15, 0.2) is 54.9 Å². The summed E-state index contributed by atoms with van der Waals surface area (Å²) < 4.78 is 0. The Balaban J connectivity index is 1.48. The van der Waals surface area contributed by atoms with Crippen molar-refractivity contribution in [2.75, 3.05) is 13.1 Å². The molecular weight excluding hydrogens is 342 g/mol. The number of carbonyl (C=O) groups is 2. The van der Waals surface area contributed by atoms with Gasteiger partial charge in [-0.25, -0.2) is 4.98 Å².